The van der Waals surface area contributed by atoms with Crippen molar-refractivity contribution in [3.8, 4) is 0 Å². The van der Waals surface area contributed by atoms with Gasteiger partial charge in [-0.2, -0.15) is 0 Å². The van der Waals surface area contributed by atoms with E-state index < -0.39 is 0 Å². The van der Waals surface area contributed by atoms with E-state index in [0.717, 1.165) is 19.3 Å². The van der Waals surface area contributed by atoms with Gasteiger partial charge in [-0.05, 0) is 38.8 Å². The van der Waals surface area contributed by atoms with Crippen molar-refractivity contribution >= 4 is 5.91 Å². The molecule has 0 saturated carbocycles. The molecule has 3 rings (SSSR count). The lowest BCUT2D eigenvalue weighted by Crippen LogP contribution is -2.54. The maximum atomic E-state index is 12.0. The Bertz CT molecular complexity index is 487. The third kappa shape index (κ3) is 2.35. The molecule has 20 heavy (non-hydrogen) atoms. The third-order valence-corrected chi connectivity index (χ3v) is 5.08. The van der Waals surface area contributed by atoms with Crippen LogP contribution in [0.4, 0.5) is 0 Å². The predicted molar refractivity (Wildman–Crippen MR) is 80.4 cm³/mol. The Balaban J connectivity index is 1.89. The minimum absolute atomic E-state index is 0.0905. The number of carbonyl (C=O) groups excluding carboxylic acids is 1. The van der Waals surface area contributed by atoms with Gasteiger partial charge in [0.25, 0.3) is 0 Å². The predicted octanol–water partition coefficient (Wildman–Crippen LogP) is 2.88. The van der Waals surface area contributed by atoms with Gasteiger partial charge in [0.2, 0.25) is 5.91 Å². The van der Waals surface area contributed by atoms with Crippen molar-refractivity contribution in [2.45, 2.75) is 56.7 Å². The van der Waals surface area contributed by atoms with Crippen LogP contribution in [0.2, 0.25) is 0 Å². The van der Waals surface area contributed by atoms with E-state index in [2.05, 4.69) is 54.5 Å². The Labute approximate surface area is 121 Å². The van der Waals surface area contributed by atoms with E-state index in [1.165, 1.54) is 12.0 Å². The van der Waals surface area contributed by atoms with Crippen LogP contribution in [0.1, 0.15) is 50.6 Å². The number of hydrogen-bond acceptors (Lipinski definition) is 2. The van der Waals surface area contributed by atoms with E-state index in [4.69, 9.17) is 0 Å². The topological polar surface area (TPSA) is 32.3 Å². The van der Waals surface area contributed by atoms with Crippen LogP contribution in [0.5, 0.6) is 0 Å². The molecule has 1 N–H and O–H groups in total. The summed E-state index contributed by atoms with van der Waals surface area (Å²) in [7, 11) is 2.21. The second-order valence-corrected chi connectivity index (χ2v) is 6.52. The average molecular weight is 272 g/mol. The van der Waals surface area contributed by atoms with Gasteiger partial charge >= 0.3 is 0 Å². The normalized spacial score (nSPS) is 35.0. The van der Waals surface area contributed by atoms with Crippen LogP contribution < -0.4 is 5.32 Å². The first-order valence-electron chi connectivity index (χ1n) is 7.68. The summed E-state index contributed by atoms with van der Waals surface area (Å²) in [5.74, 6) is 0.222. The van der Waals surface area contributed by atoms with Crippen molar-refractivity contribution < 1.29 is 4.79 Å². The Morgan fingerprint density at radius 3 is 2.75 bits per heavy atom. The summed E-state index contributed by atoms with van der Waals surface area (Å²) in [5.41, 5.74) is 1.27. The summed E-state index contributed by atoms with van der Waals surface area (Å²) in [6, 6.07) is 11.5. The zero-order valence-corrected chi connectivity index (χ0v) is 12.4. The molecule has 0 radical (unpaired) electrons. The molecule has 2 aliphatic rings. The van der Waals surface area contributed by atoms with E-state index in [1.807, 2.05) is 0 Å². The summed E-state index contributed by atoms with van der Waals surface area (Å²) in [6.07, 6.45) is 5.03. The number of carbonyl (C=O) groups is 1. The average Bonchev–Trinajstić information content (AvgIpc) is 2.66. The molecule has 2 fully saturated rings. The second kappa shape index (κ2) is 5.21. The molecule has 1 aromatic carbocycles. The molecule has 0 aliphatic carbocycles. The van der Waals surface area contributed by atoms with E-state index in [0.29, 0.717) is 18.5 Å². The highest BCUT2D eigenvalue weighted by Crippen LogP contribution is 2.43. The Hall–Kier alpha value is -1.35. The van der Waals surface area contributed by atoms with Gasteiger partial charge in [0.15, 0.2) is 0 Å². The van der Waals surface area contributed by atoms with Gasteiger partial charge in [0, 0.05) is 18.5 Å². The zero-order chi connectivity index (χ0) is 14.2. The summed E-state index contributed by atoms with van der Waals surface area (Å²) in [6.45, 7) is 2.22. The first-order chi connectivity index (χ1) is 9.60. The quantitative estimate of drug-likeness (QED) is 0.852. The van der Waals surface area contributed by atoms with Gasteiger partial charge in [-0.3, -0.25) is 9.69 Å². The fourth-order valence-electron chi connectivity index (χ4n) is 4.04. The lowest BCUT2D eigenvalue weighted by atomic mass is 9.85. The molecule has 2 saturated heterocycles. The minimum Gasteiger partial charge on any atom is -0.349 e. The first-order valence-corrected chi connectivity index (χ1v) is 7.68. The molecule has 3 atom stereocenters. The van der Waals surface area contributed by atoms with Crippen LogP contribution >= 0.6 is 0 Å². The molecule has 3 nitrogen and oxygen atoms in total. The fourth-order valence-corrected chi connectivity index (χ4v) is 4.04. The van der Waals surface area contributed by atoms with Crippen molar-refractivity contribution in [1.29, 1.82) is 0 Å². The highest BCUT2D eigenvalue weighted by Gasteiger charge is 2.48. The molecule has 1 amide bonds. The third-order valence-electron chi connectivity index (χ3n) is 5.08. The number of nitrogens with one attached hydrogen (secondary N) is 1. The monoisotopic (exact) mass is 272 g/mol. The number of amides is 1. The number of nitrogens with zero attached hydrogens (tertiary/aromatic N) is 1. The maximum absolute atomic E-state index is 12.0. The molecule has 0 bridgehead atoms. The van der Waals surface area contributed by atoms with Gasteiger partial charge in [-0.25, -0.2) is 0 Å². The van der Waals surface area contributed by atoms with Crippen LogP contribution in [-0.4, -0.2) is 29.4 Å². The van der Waals surface area contributed by atoms with Crippen molar-refractivity contribution in [3.05, 3.63) is 35.9 Å². The molecule has 2 aliphatic heterocycles. The standard InChI is InChI=1S/C17H24N2O/c1-17-12-14(13-8-4-3-5-9-13)19(2)15(17)10-6-7-11-16(20)18-17/h3-5,8-9,14-15H,6-7,10-12H2,1-2H3,(H,18,20)/t14-,15-,17-/m0/s1. The van der Waals surface area contributed by atoms with Crippen molar-refractivity contribution in [2.24, 2.45) is 0 Å². The van der Waals surface area contributed by atoms with Crippen molar-refractivity contribution in [1.82, 2.24) is 10.2 Å². The van der Waals surface area contributed by atoms with E-state index in [1.54, 1.807) is 0 Å². The van der Waals surface area contributed by atoms with E-state index in [9.17, 15) is 4.79 Å². The summed E-state index contributed by atoms with van der Waals surface area (Å²) < 4.78 is 0. The van der Waals surface area contributed by atoms with Gasteiger partial charge in [-0.15, -0.1) is 0 Å². The Morgan fingerprint density at radius 1 is 1.25 bits per heavy atom. The molecule has 0 aromatic heterocycles. The van der Waals surface area contributed by atoms with E-state index >= 15 is 0 Å². The second-order valence-electron chi connectivity index (χ2n) is 6.52. The molecule has 0 unspecified atom stereocenters. The van der Waals surface area contributed by atoms with Gasteiger partial charge < -0.3 is 5.32 Å². The summed E-state index contributed by atoms with van der Waals surface area (Å²) >= 11 is 0. The van der Waals surface area contributed by atoms with Gasteiger partial charge in [0.05, 0.1) is 5.54 Å². The van der Waals surface area contributed by atoms with Gasteiger partial charge in [-0.1, -0.05) is 36.8 Å². The Kier molecular flexibility index (Phi) is 3.55. The molecule has 3 heteroatoms. The zero-order valence-electron chi connectivity index (χ0n) is 12.4. The molecule has 108 valence electrons. The number of hydrogen-bond donors (Lipinski definition) is 1. The van der Waals surface area contributed by atoms with Crippen LogP contribution in [-0.2, 0) is 4.79 Å². The SMILES string of the molecule is CN1[C@H]2CCCCC(=O)N[C@@]2(C)C[C@H]1c1ccccc1. The molecular formula is C17H24N2O. The summed E-state index contributed by atoms with van der Waals surface area (Å²) in [5, 5.41) is 3.31. The van der Waals surface area contributed by atoms with Crippen LogP contribution in [0.15, 0.2) is 30.3 Å². The highest BCUT2D eigenvalue weighted by molar-refractivity contribution is 5.77. The largest absolute Gasteiger partial charge is 0.349 e. The van der Waals surface area contributed by atoms with Crippen molar-refractivity contribution in [2.75, 3.05) is 7.05 Å². The number of likely N-dealkylation sites (N-methyl/N-ethyl adjacent to an activating group) is 1. The summed E-state index contributed by atoms with van der Waals surface area (Å²) in [4.78, 5) is 14.5. The number of likely N-dealkylation sites (tertiary alicyclic amines) is 1. The maximum Gasteiger partial charge on any atom is 0.220 e. The van der Waals surface area contributed by atoms with Crippen LogP contribution in [0.3, 0.4) is 0 Å². The lowest BCUT2D eigenvalue weighted by molar-refractivity contribution is -0.123. The lowest BCUT2D eigenvalue weighted by Gasteiger charge is -2.36. The smallest absolute Gasteiger partial charge is 0.220 e. The number of fused-ring (bicyclic) bond motifs is 1. The van der Waals surface area contributed by atoms with Crippen LogP contribution in [0, 0.1) is 0 Å². The van der Waals surface area contributed by atoms with Gasteiger partial charge in [0.1, 0.15) is 0 Å². The minimum atomic E-state index is -0.0905. The fraction of sp³-hybridized carbons (Fsp3) is 0.588. The number of rotatable bonds is 1. The first kappa shape index (κ1) is 13.6. The van der Waals surface area contributed by atoms with E-state index in [-0.39, 0.29) is 11.4 Å². The molecule has 2 heterocycles. The highest BCUT2D eigenvalue weighted by atomic mass is 16.1. The molecule has 1 aromatic rings. The van der Waals surface area contributed by atoms with Crippen molar-refractivity contribution in [3.63, 3.8) is 0 Å². The molecule has 0 spiro atoms. The number of benzene rings is 1. The van der Waals surface area contributed by atoms with Crippen LogP contribution in [0.25, 0.3) is 0 Å². The Morgan fingerprint density at radius 2 is 2.00 bits per heavy atom. The molecular weight excluding hydrogens is 248 g/mol.